The predicted octanol–water partition coefficient (Wildman–Crippen LogP) is 2.30. The van der Waals surface area contributed by atoms with E-state index in [1.165, 1.54) is 0 Å². The van der Waals surface area contributed by atoms with Gasteiger partial charge in [0.15, 0.2) is 0 Å². The lowest BCUT2D eigenvalue weighted by molar-refractivity contribution is -0.127. The van der Waals surface area contributed by atoms with Gasteiger partial charge in [0.05, 0.1) is 0 Å². The van der Waals surface area contributed by atoms with Crippen LogP contribution in [0.2, 0.25) is 0 Å². The van der Waals surface area contributed by atoms with E-state index in [1.54, 1.807) is 0 Å². The fraction of sp³-hybridized carbons (Fsp3) is 0.929. The van der Waals surface area contributed by atoms with Crippen molar-refractivity contribution in [3.63, 3.8) is 0 Å². The molecule has 3 unspecified atom stereocenters. The van der Waals surface area contributed by atoms with Gasteiger partial charge in [-0.3, -0.25) is 4.79 Å². The monoisotopic (exact) mass is 240 g/mol. The van der Waals surface area contributed by atoms with Crippen molar-refractivity contribution in [3.05, 3.63) is 0 Å². The average Bonchev–Trinajstić information content (AvgIpc) is 2.20. The molecule has 1 fully saturated rings. The zero-order valence-corrected chi connectivity index (χ0v) is 11.8. The van der Waals surface area contributed by atoms with E-state index < -0.39 is 0 Å². The summed E-state index contributed by atoms with van der Waals surface area (Å²) in [5, 5.41) is 3.07. The van der Waals surface area contributed by atoms with Crippen molar-refractivity contribution in [2.24, 2.45) is 23.0 Å². The average molecular weight is 240 g/mol. The minimum absolute atomic E-state index is 0.124. The highest BCUT2D eigenvalue weighted by Gasteiger charge is 2.32. The van der Waals surface area contributed by atoms with E-state index in [9.17, 15) is 4.79 Å². The number of hydrogen-bond donors (Lipinski definition) is 2. The number of rotatable bonds is 3. The van der Waals surface area contributed by atoms with Gasteiger partial charge in [0.2, 0.25) is 5.91 Å². The van der Waals surface area contributed by atoms with Gasteiger partial charge in [-0.25, -0.2) is 0 Å². The lowest BCUT2D eigenvalue weighted by Crippen LogP contribution is -2.44. The number of nitrogens with one attached hydrogen (secondary N) is 1. The Morgan fingerprint density at radius 3 is 2.59 bits per heavy atom. The topological polar surface area (TPSA) is 55.1 Å². The van der Waals surface area contributed by atoms with Crippen LogP contribution in [0.1, 0.15) is 53.4 Å². The smallest absolute Gasteiger partial charge is 0.223 e. The molecule has 3 heteroatoms. The lowest BCUT2D eigenvalue weighted by atomic mass is 9.77. The molecule has 17 heavy (non-hydrogen) atoms. The van der Waals surface area contributed by atoms with Crippen LogP contribution in [0.25, 0.3) is 0 Å². The molecule has 1 aliphatic carbocycles. The van der Waals surface area contributed by atoms with E-state index in [-0.39, 0.29) is 23.3 Å². The Bertz CT molecular complexity index is 257. The normalized spacial score (nSPS) is 30.1. The van der Waals surface area contributed by atoms with E-state index >= 15 is 0 Å². The maximum absolute atomic E-state index is 12.1. The third-order valence-electron chi connectivity index (χ3n) is 3.87. The third kappa shape index (κ3) is 4.66. The Labute approximate surface area is 106 Å². The van der Waals surface area contributed by atoms with Crippen molar-refractivity contribution in [2.45, 2.75) is 59.4 Å². The molecule has 0 spiro atoms. The summed E-state index contributed by atoms with van der Waals surface area (Å²) >= 11 is 0. The van der Waals surface area contributed by atoms with E-state index in [1.807, 2.05) is 0 Å². The van der Waals surface area contributed by atoms with Gasteiger partial charge in [-0.2, -0.15) is 0 Å². The number of hydrogen-bond acceptors (Lipinski definition) is 2. The van der Waals surface area contributed by atoms with Gasteiger partial charge in [0, 0.05) is 18.5 Å². The number of nitrogens with two attached hydrogens (primary N) is 1. The first kappa shape index (κ1) is 14.5. The predicted molar refractivity (Wildman–Crippen MR) is 71.6 cm³/mol. The van der Waals surface area contributed by atoms with Crippen LogP contribution in [-0.2, 0) is 4.79 Å². The van der Waals surface area contributed by atoms with Gasteiger partial charge in [-0.05, 0) is 30.6 Å². The van der Waals surface area contributed by atoms with Crippen LogP contribution in [0.5, 0.6) is 0 Å². The Morgan fingerprint density at radius 1 is 1.35 bits per heavy atom. The maximum atomic E-state index is 12.1. The van der Waals surface area contributed by atoms with Crippen LogP contribution in [0.4, 0.5) is 0 Å². The van der Waals surface area contributed by atoms with Crippen LogP contribution in [0, 0.1) is 17.3 Å². The molecule has 3 N–H and O–H groups in total. The quantitative estimate of drug-likeness (QED) is 0.795. The molecule has 0 aliphatic heterocycles. The van der Waals surface area contributed by atoms with Crippen LogP contribution in [0.15, 0.2) is 0 Å². The molecule has 3 nitrogen and oxygen atoms in total. The largest absolute Gasteiger partial charge is 0.356 e. The number of carbonyl (C=O) groups excluding carboxylic acids is 1. The van der Waals surface area contributed by atoms with Gasteiger partial charge in [-0.1, -0.05) is 34.1 Å². The second kappa shape index (κ2) is 5.85. The Morgan fingerprint density at radius 2 is 2.00 bits per heavy atom. The SMILES string of the molecule is CC1C(N)CCCC1C(=O)NCCC(C)(C)C. The minimum Gasteiger partial charge on any atom is -0.356 e. The van der Waals surface area contributed by atoms with E-state index in [2.05, 4.69) is 33.0 Å². The van der Waals surface area contributed by atoms with Gasteiger partial charge in [0.25, 0.3) is 0 Å². The molecule has 0 aromatic heterocycles. The Kier molecular flexibility index (Phi) is 4.99. The van der Waals surface area contributed by atoms with E-state index in [0.29, 0.717) is 5.92 Å². The summed E-state index contributed by atoms with van der Waals surface area (Å²) < 4.78 is 0. The first-order valence-corrected chi connectivity index (χ1v) is 6.84. The fourth-order valence-corrected chi connectivity index (χ4v) is 2.46. The second-order valence-electron chi connectivity index (χ2n) is 6.66. The fourth-order valence-electron chi connectivity index (χ4n) is 2.46. The van der Waals surface area contributed by atoms with Gasteiger partial charge in [-0.15, -0.1) is 0 Å². The Balaban J connectivity index is 2.37. The summed E-state index contributed by atoms with van der Waals surface area (Å²) in [5.41, 5.74) is 6.30. The zero-order valence-electron chi connectivity index (χ0n) is 11.8. The molecule has 1 aliphatic rings. The molecular formula is C14H28N2O. The molecule has 0 aromatic carbocycles. The first-order chi connectivity index (χ1) is 7.81. The maximum Gasteiger partial charge on any atom is 0.223 e. The van der Waals surface area contributed by atoms with E-state index in [0.717, 1.165) is 32.2 Å². The summed E-state index contributed by atoms with van der Waals surface area (Å²) in [6.45, 7) is 9.47. The highest BCUT2D eigenvalue weighted by atomic mass is 16.1. The van der Waals surface area contributed by atoms with Crippen molar-refractivity contribution >= 4 is 5.91 Å². The summed E-state index contributed by atoms with van der Waals surface area (Å²) in [5.74, 6) is 0.647. The second-order valence-corrected chi connectivity index (χ2v) is 6.66. The highest BCUT2D eigenvalue weighted by Crippen LogP contribution is 2.29. The molecular weight excluding hydrogens is 212 g/mol. The van der Waals surface area contributed by atoms with Crippen molar-refractivity contribution in [3.8, 4) is 0 Å². The number of amides is 1. The number of carbonyl (C=O) groups is 1. The molecule has 1 amide bonds. The zero-order chi connectivity index (χ0) is 13.1. The molecule has 0 saturated heterocycles. The third-order valence-corrected chi connectivity index (χ3v) is 3.87. The molecule has 3 atom stereocenters. The highest BCUT2D eigenvalue weighted by molar-refractivity contribution is 5.79. The molecule has 0 bridgehead atoms. The molecule has 0 heterocycles. The standard InChI is InChI=1S/C14H28N2O/c1-10-11(6-5-7-12(10)15)13(17)16-9-8-14(2,3)4/h10-12H,5-9,15H2,1-4H3,(H,16,17). The molecule has 0 aromatic rings. The summed E-state index contributed by atoms with van der Waals surface area (Å²) in [6.07, 6.45) is 4.16. The Hall–Kier alpha value is -0.570. The van der Waals surface area contributed by atoms with Gasteiger partial charge < -0.3 is 11.1 Å². The van der Waals surface area contributed by atoms with Crippen molar-refractivity contribution in [2.75, 3.05) is 6.54 Å². The van der Waals surface area contributed by atoms with Crippen LogP contribution < -0.4 is 11.1 Å². The van der Waals surface area contributed by atoms with Crippen LogP contribution in [0.3, 0.4) is 0 Å². The lowest BCUT2D eigenvalue weighted by Gasteiger charge is -2.33. The summed E-state index contributed by atoms with van der Waals surface area (Å²) in [4.78, 5) is 12.1. The van der Waals surface area contributed by atoms with Crippen molar-refractivity contribution in [1.82, 2.24) is 5.32 Å². The van der Waals surface area contributed by atoms with Crippen molar-refractivity contribution < 1.29 is 4.79 Å². The first-order valence-electron chi connectivity index (χ1n) is 6.84. The van der Waals surface area contributed by atoms with Crippen LogP contribution in [-0.4, -0.2) is 18.5 Å². The molecule has 1 saturated carbocycles. The van der Waals surface area contributed by atoms with E-state index in [4.69, 9.17) is 5.73 Å². The van der Waals surface area contributed by atoms with Crippen molar-refractivity contribution in [1.29, 1.82) is 0 Å². The summed E-state index contributed by atoms with van der Waals surface area (Å²) in [6, 6.07) is 0.196. The summed E-state index contributed by atoms with van der Waals surface area (Å²) in [7, 11) is 0. The molecule has 1 rings (SSSR count). The molecule has 100 valence electrons. The molecule has 0 radical (unpaired) electrons. The van der Waals surface area contributed by atoms with Crippen LogP contribution >= 0.6 is 0 Å². The van der Waals surface area contributed by atoms with Gasteiger partial charge >= 0.3 is 0 Å². The van der Waals surface area contributed by atoms with Gasteiger partial charge in [0.1, 0.15) is 0 Å². The minimum atomic E-state index is 0.124.